The Morgan fingerprint density at radius 2 is 1.90 bits per heavy atom. The van der Waals surface area contributed by atoms with E-state index in [0.717, 1.165) is 37.1 Å². The summed E-state index contributed by atoms with van der Waals surface area (Å²) in [5.41, 5.74) is 2.70. The lowest BCUT2D eigenvalue weighted by atomic mass is 9.90. The summed E-state index contributed by atoms with van der Waals surface area (Å²) in [6, 6.07) is 11.8. The molecule has 2 heterocycles. The molecule has 3 rings (SSSR count). The standard InChI is InChI=1S/C17H20N2O2/c20-17(21-12-13-4-2-1-3-5-13)16-15(8-11-19-16)14-6-9-18-10-7-14/h1-5,8,11,14,18-19H,6-7,9-10,12H2. The highest BCUT2D eigenvalue weighted by molar-refractivity contribution is 5.89. The van der Waals surface area contributed by atoms with E-state index in [4.69, 9.17) is 4.74 Å². The monoisotopic (exact) mass is 284 g/mol. The molecule has 1 aromatic heterocycles. The van der Waals surface area contributed by atoms with E-state index in [1.54, 1.807) is 0 Å². The van der Waals surface area contributed by atoms with Crippen molar-refractivity contribution >= 4 is 5.97 Å². The molecule has 1 aromatic carbocycles. The number of nitrogens with one attached hydrogen (secondary N) is 2. The number of carbonyl (C=O) groups excluding carboxylic acids is 1. The lowest BCUT2D eigenvalue weighted by Gasteiger charge is -2.22. The number of aromatic amines is 1. The van der Waals surface area contributed by atoms with Crippen molar-refractivity contribution in [1.82, 2.24) is 10.3 Å². The highest BCUT2D eigenvalue weighted by Gasteiger charge is 2.23. The second-order valence-electron chi connectivity index (χ2n) is 5.39. The fourth-order valence-electron chi connectivity index (χ4n) is 2.83. The van der Waals surface area contributed by atoms with E-state index in [1.807, 2.05) is 42.6 Å². The summed E-state index contributed by atoms with van der Waals surface area (Å²) in [6.07, 6.45) is 3.96. The lowest BCUT2D eigenvalue weighted by molar-refractivity contribution is 0.0464. The molecule has 0 atom stereocenters. The van der Waals surface area contributed by atoms with Gasteiger partial charge in [-0.05, 0) is 49.0 Å². The number of aromatic nitrogens is 1. The van der Waals surface area contributed by atoms with Crippen molar-refractivity contribution < 1.29 is 9.53 Å². The summed E-state index contributed by atoms with van der Waals surface area (Å²) in [4.78, 5) is 15.3. The molecular weight excluding hydrogens is 264 g/mol. The van der Waals surface area contributed by atoms with E-state index < -0.39 is 0 Å². The van der Waals surface area contributed by atoms with Crippen LogP contribution in [0.1, 0.15) is 40.4 Å². The third-order valence-corrected chi connectivity index (χ3v) is 3.98. The Hall–Kier alpha value is -2.07. The Kier molecular flexibility index (Phi) is 4.36. The number of H-pyrrole nitrogens is 1. The van der Waals surface area contributed by atoms with Crippen LogP contribution in [0.3, 0.4) is 0 Å². The summed E-state index contributed by atoms with van der Waals surface area (Å²) >= 11 is 0. The number of hydrogen-bond donors (Lipinski definition) is 2. The molecule has 0 bridgehead atoms. The molecule has 4 nitrogen and oxygen atoms in total. The first-order valence-electron chi connectivity index (χ1n) is 7.43. The fraction of sp³-hybridized carbons (Fsp3) is 0.353. The van der Waals surface area contributed by atoms with Gasteiger partial charge in [-0.15, -0.1) is 0 Å². The zero-order valence-electron chi connectivity index (χ0n) is 12.0. The SMILES string of the molecule is O=C(OCc1ccccc1)c1[nH]ccc1C1CCNCC1. The smallest absolute Gasteiger partial charge is 0.355 e. The van der Waals surface area contributed by atoms with E-state index in [-0.39, 0.29) is 5.97 Å². The number of rotatable bonds is 4. The van der Waals surface area contributed by atoms with Gasteiger partial charge >= 0.3 is 5.97 Å². The van der Waals surface area contributed by atoms with E-state index in [9.17, 15) is 4.79 Å². The molecule has 0 radical (unpaired) electrons. The van der Waals surface area contributed by atoms with Gasteiger partial charge in [0.1, 0.15) is 12.3 Å². The predicted octanol–water partition coefficient (Wildman–Crippen LogP) is 2.84. The van der Waals surface area contributed by atoms with Crippen molar-refractivity contribution in [2.75, 3.05) is 13.1 Å². The second-order valence-corrected chi connectivity index (χ2v) is 5.39. The molecule has 1 fully saturated rings. The normalized spacial score (nSPS) is 15.8. The first-order valence-corrected chi connectivity index (χ1v) is 7.43. The van der Waals surface area contributed by atoms with Gasteiger partial charge in [0.2, 0.25) is 0 Å². The fourth-order valence-corrected chi connectivity index (χ4v) is 2.83. The largest absolute Gasteiger partial charge is 0.456 e. The van der Waals surface area contributed by atoms with Gasteiger partial charge in [0, 0.05) is 6.20 Å². The summed E-state index contributed by atoms with van der Waals surface area (Å²) in [5.74, 6) is 0.175. The van der Waals surface area contributed by atoms with Gasteiger partial charge in [-0.3, -0.25) is 0 Å². The number of carbonyl (C=O) groups is 1. The number of esters is 1. The molecule has 2 aromatic rings. The summed E-state index contributed by atoms with van der Waals surface area (Å²) < 4.78 is 5.42. The molecule has 0 spiro atoms. The predicted molar refractivity (Wildman–Crippen MR) is 81.2 cm³/mol. The average molecular weight is 284 g/mol. The summed E-state index contributed by atoms with van der Waals surface area (Å²) in [6.45, 7) is 2.33. The molecule has 0 unspecified atom stereocenters. The van der Waals surface area contributed by atoms with E-state index in [1.165, 1.54) is 0 Å². The number of piperidine rings is 1. The zero-order chi connectivity index (χ0) is 14.5. The molecule has 0 aliphatic carbocycles. The molecule has 1 saturated heterocycles. The maximum Gasteiger partial charge on any atom is 0.355 e. The van der Waals surface area contributed by atoms with Gasteiger partial charge in [-0.2, -0.15) is 0 Å². The average Bonchev–Trinajstić information content (AvgIpc) is 3.04. The minimum atomic E-state index is -0.266. The summed E-state index contributed by atoms with van der Waals surface area (Å²) in [5, 5.41) is 3.35. The number of ether oxygens (including phenoxy) is 1. The quantitative estimate of drug-likeness (QED) is 0.849. The van der Waals surface area contributed by atoms with Crippen LogP contribution in [-0.2, 0) is 11.3 Å². The third-order valence-electron chi connectivity index (χ3n) is 3.98. The molecule has 0 saturated carbocycles. The van der Waals surface area contributed by atoms with Gasteiger partial charge in [0.25, 0.3) is 0 Å². The Morgan fingerprint density at radius 3 is 2.67 bits per heavy atom. The Morgan fingerprint density at radius 1 is 1.14 bits per heavy atom. The first-order chi connectivity index (χ1) is 10.3. The van der Waals surface area contributed by atoms with Gasteiger partial charge < -0.3 is 15.0 Å². The van der Waals surface area contributed by atoms with Gasteiger partial charge in [-0.1, -0.05) is 30.3 Å². The van der Waals surface area contributed by atoms with Crippen LogP contribution in [0.5, 0.6) is 0 Å². The highest BCUT2D eigenvalue weighted by Crippen LogP contribution is 2.28. The van der Waals surface area contributed by atoms with Gasteiger partial charge in [-0.25, -0.2) is 4.79 Å². The van der Waals surface area contributed by atoms with Crippen LogP contribution in [0, 0.1) is 0 Å². The molecule has 110 valence electrons. The number of benzene rings is 1. The van der Waals surface area contributed by atoms with Gasteiger partial charge in [0.05, 0.1) is 0 Å². The van der Waals surface area contributed by atoms with Crippen molar-refractivity contribution in [3.63, 3.8) is 0 Å². The van der Waals surface area contributed by atoms with E-state index in [2.05, 4.69) is 10.3 Å². The van der Waals surface area contributed by atoms with Crippen molar-refractivity contribution in [2.24, 2.45) is 0 Å². The second kappa shape index (κ2) is 6.59. The maximum absolute atomic E-state index is 12.3. The molecule has 1 aliphatic heterocycles. The number of hydrogen-bond acceptors (Lipinski definition) is 3. The van der Waals surface area contributed by atoms with E-state index >= 15 is 0 Å². The van der Waals surface area contributed by atoms with Crippen LogP contribution in [0.4, 0.5) is 0 Å². The minimum Gasteiger partial charge on any atom is -0.456 e. The van der Waals surface area contributed by atoms with Crippen LogP contribution >= 0.6 is 0 Å². The van der Waals surface area contributed by atoms with Crippen LogP contribution in [0.2, 0.25) is 0 Å². The van der Waals surface area contributed by atoms with Crippen LogP contribution < -0.4 is 5.32 Å². The molecule has 1 aliphatic rings. The van der Waals surface area contributed by atoms with Crippen molar-refractivity contribution in [3.8, 4) is 0 Å². The van der Waals surface area contributed by atoms with Crippen LogP contribution in [-0.4, -0.2) is 24.0 Å². The maximum atomic E-state index is 12.3. The van der Waals surface area contributed by atoms with Crippen LogP contribution in [0.25, 0.3) is 0 Å². The zero-order valence-corrected chi connectivity index (χ0v) is 12.0. The summed E-state index contributed by atoms with van der Waals surface area (Å²) in [7, 11) is 0. The highest BCUT2D eigenvalue weighted by atomic mass is 16.5. The van der Waals surface area contributed by atoms with E-state index in [0.29, 0.717) is 18.2 Å². The van der Waals surface area contributed by atoms with Crippen molar-refractivity contribution in [2.45, 2.75) is 25.4 Å². The first kappa shape index (κ1) is 13.9. The lowest BCUT2D eigenvalue weighted by Crippen LogP contribution is -2.27. The molecular formula is C17H20N2O2. The Labute approximate surface area is 124 Å². The van der Waals surface area contributed by atoms with Gasteiger partial charge in [0.15, 0.2) is 0 Å². The van der Waals surface area contributed by atoms with Crippen LogP contribution in [0.15, 0.2) is 42.6 Å². The molecule has 2 N–H and O–H groups in total. The Balaban J connectivity index is 1.66. The van der Waals surface area contributed by atoms with Crippen molar-refractivity contribution in [3.05, 3.63) is 59.4 Å². The topological polar surface area (TPSA) is 54.1 Å². The molecule has 21 heavy (non-hydrogen) atoms. The Bertz CT molecular complexity index is 586. The van der Waals surface area contributed by atoms with Crippen molar-refractivity contribution in [1.29, 1.82) is 0 Å². The minimum absolute atomic E-state index is 0.266. The third kappa shape index (κ3) is 3.34. The molecule has 4 heteroatoms. The molecule has 0 amide bonds.